The number of amides is 1. The molecule has 0 saturated heterocycles. The molecule has 0 unspecified atom stereocenters. The molecule has 0 atom stereocenters. The predicted molar refractivity (Wildman–Crippen MR) is 124 cm³/mol. The van der Waals surface area contributed by atoms with Gasteiger partial charge in [-0.2, -0.15) is 15.3 Å². The Kier molecular flexibility index (Phi) is 5.87. The van der Waals surface area contributed by atoms with E-state index in [0.29, 0.717) is 28.4 Å². The van der Waals surface area contributed by atoms with Crippen molar-refractivity contribution in [3.63, 3.8) is 0 Å². The van der Waals surface area contributed by atoms with Crippen LogP contribution in [-0.4, -0.2) is 25.7 Å². The number of nitrogens with one attached hydrogen (secondary N) is 1. The second-order valence-electron chi connectivity index (χ2n) is 8.28. The van der Waals surface area contributed by atoms with Gasteiger partial charge in [-0.3, -0.25) is 9.48 Å². The molecule has 4 rings (SSSR count). The Balaban J connectivity index is 1.65. The number of para-hydroxylation sites is 1. The summed E-state index contributed by atoms with van der Waals surface area (Å²) < 4.78 is 7.52. The van der Waals surface area contributed by atoms with Crippen molar-refractivity contribution in [2.24, 2.45) is 0 Å². The minimum absolute atomic E-state index is 0.147. The molecule has 0 spiro atoms. The maximum Gasteiger partial charge on any atom is 0.322 e. The zero-order valence-electron chi connectivity index (χ0n) is 18.5. The van der Waals surface area contributed by atoms with Crippen LogP contribution in [0.2, 0.25) is 0 Å². The van der Waals surface area contributed by atoms with Gasteiger partial charge in [0.1, 0.15) is 5.75 Å². The number of hydrogen-bond acceptors (Lipinski definition) is 6. The average molecular weight is 438 g/mol. The lowest BCUT2D eigenvalue weighted by molar-refractivity contribution is 0.102. The molecule has 8 nitrogen and oxygen atoms in total. The highest BCUT2D eigenvalue weighted by Crippen LogP contribution is 2.27. The second-order valence-corrected chi connectivity index (χ2v) is 8.28. The van der Waals surface area contributed by atoms with Crippen molar-refractivity contribution in [1.29, 1.82) is 5.26 Å². The first-order chi connectivity index (χ1) is 15.8. The number of benzene rings is 2. The van der Waals surface area contributed by atoms with Crippen molar-refractivity contribution in [2.75, 3.05) is 5.32 Å². The van der Waals surface area contributed by atoms with Crippen LogP contribution in [0.25, 0.3) is 11.4 Å². The molecule has 4 aromatic rings. The molecule has 0 aliphatic carbocycles. The lowest BCUT2D eigenvalue weighted by Gasteiger charge is -2.22. The second kappa shape index (κ2) is 8.93. The topological polar surface area (TPSA) is 106 Å². The van der Waals surface area contributed by atoms with Crippen LogP contribution in [0, 0.1) is 11.3 Å². The van der Waals surface area contributed by atoms with E-state index in [2.05, 4.69) is 26.5 Å². The minimum atomic E-state index is -0.403. The van der Waals surface area contributed by atoms with E-state index in [1.54, 1.807) is 47.3 Å². The van der Waals surface area contributed by atoms with E-state index in [1.807, 2.05) is 51.1 Å². The normalized spacial score (nSPS) is 11.0. The van der Waals surface area contributed by atoms with Crippen molar-refractivity contribution >= 4 is 11.6 Å². The number of anilines is 1. The van der Waals surface area contributed by atoms with Crippen LogP contribution in [0.15, 0.2) is 72.9 Å². The van der Waals surface area contributed by atoms with E-state index in [1.165, 1.54) is 0 Å². The minimum Gasteiger partial charge on any atom is -0.424 e. The van der Waals surface area contributed by atoms with E-state index >= 15 is 0 Å². The summed E-state index contributed by atoms with van der Waals surface area (Å²) >= 11 is 0. The first-order valence-electron chi connectivity index (χ1n) is 10.3. The summed E-state index contributed by atoms with van der Waals surface area (Å²) in [7, 11) is 0. The van der Waals surface area contributed by atoms with Crippen LogP contribution in [-0.2, 0) is 5.54 Å². The van der Waals surface area contributed by atoms with Gasteiger partial charge in [0.25, 0.3) is 5.91 Å². The van der Waals surface area contributed by atoms with Crippen molar-refractivity contribution in [2.45, 2.75) is 26.3 Å². The number of carbonyl (C=O) groups is 1. The summed E-state index contributed by atoms with van der Waals surface area (Å²) in [5.41, 5.74) is 2.32. The van der Waals surface area contributed by atoms with Crippen LogP contribution in [0.5, 0.6) is 11.8 Å². The van der Waals surface area contributed by atoms with Gasteiger partial charge in [-0.15, -0.1) is 0 Å². The Morgan fingerprint density at radius 2 is 1.79 bits per heavy atom. The summed E-state index contributed by atoms with van der Waals surface area (Å²) in [4.78, 5) is 21.5. The standard InChI is InChI=1S/C25H22N6O2/c1-25(2,3)31-22(15-21(30-31)23(32)28-18-7-5-4-6-8-18)20-13-14-27-24(29-20)33-19-11-9-17(16-26)10-12-19/h4-15H,1-3H3,(H,28,32). The van der Waals surface area contributed by atoms with Crippen LogP contribution < -0.4 is 10.1 Å². The third-order valence-corrected chi connectivity index (χ3v) is 4.70. The fraction of sp³-hybridized carbons (Fsp3) is 0.160. The fourth-order valence-electron chi connectivity index (χ4n) is 3.14. The Hall–Kier alpha value is -4.51. The quantitative estimate of drug-likeness (QED) is 0.469. The predicted octanol–water partition coefficient (Wildman–Crippen LogP) is 5.01. The van der Waals surface area contributed by atoms with Gasteiger partial charge < -0.3 is 10.1 Å². The first kappa shape index (κ1) is 21.7. The van der Waals surface area contributed by atoms with Crippen LogP contribution >= 0.6 is 0 Å². The molecule has 0 aliphatic heterocycles. The summed E-state index contributed by atoms with van der Waals surface area (Å²) in [6, 6.07) is 21.6. The molecule has 2 aromatic heterocycles. The smallest absolute Gasteiger partial charge is 0.322 e. The van der Waals surface area contributed by atoms with Gasteiger partial charge in [-0.25, -0.2) is 4.98 Å². The molecular formula is C25H22N6O2. The zero-order valence-corrected chi connectivity index (χ0v) is 18.5. The first-order valence-corrected chi connectivity index (χ1v) is 10.3. The molecule has 1 amide bonds. The summed E-state index contributed by atoms with van der Waals surface area (Å²) in [5, 5.41) is 16.4. The number of ether oxygens (including phenoxy) is 1. The van der Waals surface area contributed by atoms with E-state index in [-0.39, 0.29) is 17.6 Å². The maximum atomic E-state index is 12.8. The third-order valence-electron chi connectivity index (χ3n) is 4.70. The van der Waals surface area contributed by atoms with Gasteiger partial charge in [0, 0.05) is 11.9 Å². The number of rotatable bonds is 5. The van der Waals surface area contributed by atoms with Crippen molar-refractivity contribution in [3.05, 3.63) is 84.2 Å². The van der Waals surface area contributed by atoms with Crippen LogP contribution in [0.3, 0.4) is 0 Å². The van der Waals surface area contributed by atoms with Gasteiger partial charge in [-0.05, 0) is 69.3 Å². The Morgan fingerprint density at radius 1 is 1.06 bits per heavy atom. The van der Waals surface area contributed by atoms with Crippen molar-refractivity contribution < 1.29 is 9.53 Å². The molecule has 2 aromatic carbocycles. The summed E-state index contributed by atoms with van der Waals surface area (Å²) in [5.74, 6) is 0.201. The number of hydrogen-bond donors (Lipinski definition) is 1. The fourth-order valence-corrected chi connectivity index (χ4v) is 3.14. The average Bonchev–Trinajstić information content (AvgIpc) is 3.27. The van der Waals surface area contributed by atoms with Crippen molar-refractivity contribution in [1.82, 2.24) is 19.7 Å². The van der Waals surface area contributed by atoms with E-state index in [0.717, 1.165) is 0 Å². The Labute approximate surface area is 191 Å². The largest absolute Gasteiger partial charge is 0.424 e. The molecule has 1 N–H and O–H groups in total. The highest BCUT2D eigenvalue weighted by molar-refractivity contribution is 6.03. The monoisotopic (exact) mass is 438 g/mol. The van der Waals surface area contributed by atoms with Gasteiger partial charge in [0.15, 0.2) is 5.69 Å². The number of aromatic nitrogens is 4. The molecule has 8 heteroatoms. The van der Waals surface area contributed by atoms with E-state index in [9.17, 15) is 4.79 Å². The van der Waals surface area contributed by atoms with Crippen LogP contribution in [0.1, 0.15) is 36.8 Å². The molecule has 0 fully saturated rings. The summed E-state index contributed by atoms with van der Waals surface area (Å²) in [6.07, 6.45) is 1.59. The third kappa shape index (κ3) is 5.05. The SMILES string of the molecule is CC(C)(C)n1nc(C(=O)Nc2ccccc2)cc1-c1ccnc(Oc2ccc(C#N)cc2)n1. The Bertz CT molecular complexity index is 1320. The zero-order chi connectivity index (χ0) is 23.4. The highest BCUT2D eigenvalue weighted by Gasteiger charge is 2.24. The van der Waals surface area contributed by atoms with E-state index in [4.69, 9.17) is 10.00 Å². The lowest BCUT2D eigenvalue weighted by atomic mass is 10.1. The lowest BCUT2D eigenvalue weighted by Crippen LogP contribution is -2.25. The molecule has 0 aliphatic rings. The molecule has 2 heterocycles. The van der Waals surface area contributed by atoms with Gasteiger partial charge >= 0.3 is 6.01 Å². The number of carbonyl (C=O) groups excluding carboxylic acids is 1. The van der Waals surface area contributed by atoms with Crippen molar-refractivity contribution in [3.8, 4) is 29.2 Å². The number of nitriles is 1. The number of nitrogens with zero attached hydrogens (tertiary/aromatic N) is 5. The van der Waals surface area contributed by atoms with E-state index < -0.39 is 5.54 Å². The molecule has 33 heavy (non-hydrogen) atoms. The molecule has 164 valence electrons. The molecule has 0 saturated carbocycles. The molecule has 0 bridgehead atoms. The van der Waals surface area contributed by atoms with Gasteiger partial charge in [0.05, 0.1) is 28.6 Å². The van der Waals surface area contributed by atoms with Gasteiger partial charge in [0.2, 0.25) is 0 Å². The van der Waals surface area contributed by atoms with Crippen LogP contribution in [0.4, 0.5) is 5.69 Å². The summed E-state index contributed by atoms with van der Waals surface area (Å²) in [6.45, 7) is 5.99. The molecule has 0 radical (unpaired) electrons. The van der Waals surface area contributed by atoms with Gasteiger partial charge in [-0.1, -0.05) is 18.2 Å². The Morgan fingerprint density at radius 3 is 2.45 bits per heavy atom. The maximum absolute atomic E-state index is 12.8. The highest BCUT2D eigenvalue weighted by atomic mass is 16.5. The molecular weight excluding hydrogens is 416 g/mol.